The van der Waals surface area contributed by atoms with E-state index in [1.54, 1.807) is 11.3 Å². The molecular formula is C12H16N4S. The molecule has 0 unspecified atom stereocenters. The summed E-state index contributed by atoms with van der Waals surface area (Å²) in [7, 11) is 0. The van der Waals surface area contributed by atoms with Crippen molar-refractivity contribution in [3.8, 4) is 0 Å². The van der Waals surface area contributed by atoms with Crippen molar-refractivity contribution in [2.75, 3.05) is 5.32 Å². The van der Waals surface area contributed by atoms with Gasteiger partial charge in [-0.1, -0.05) is 6.92 Å². The number of anilines is 1. The molecule has 0 saturated carbocycles. The Hall–Kier alpha value is -1.49. The molecule has 0 aromatic carbocycles. The van der Waals surface area contributed by atoms with Crippen molar-refractivity contribution in [1.82, 2.24) is 15.0 Å². The second kappa shape index (κ2) is 5.23. The van der Waals surface area contributed by atoms with Crippen molar-refractivity contribution in [3.63, 3.8) is 0 Å². The monoisotopic (exact) mass is 248 g/mol. The zero-order chi connectivity index (χ0) is 12.3. The van der Waals surface area contributed by atoms with Gasteiger partial charge in [0.25, 0.3) is 0 Å². The summed E-state index contributed by atoms with van der Waals surface area (Å²) < 4.78 is 0. The number of aryl methyl sites for hydroxylation is 3. The van der Waals surface area contributed by atoms with E-state index in [9.17, 15) is 0 Å². The van der Waals surface area contributed by atoms with Crippen LogP contribution in [0.4, 0.5) is 5.82 Å². The van der Waals surface area contributed by atoms with Crippen LogP contribution in [-0.2, 0) is 13.0 Å². The summed E-state index contributed by atoms with van der Waals surface area (Å²) in [5.74, 6) is 1.68. The molecule has 0 saturated heterocycles. The number of thiazole rings is 1. The van der Waals surface area contributed by atoms with Crippen molar-refractivity contribution < 1.29 is 0 Å². The molecule has 0 amide bonds. The Morgan fingerprint density at radius 1 is 1.18 bits per heavy atom. The minimum Gasteiger partial charge on any atom is -0.364 e. The Bertz CT molecular complexity index is 507. The fourth-order valence-corrected chi connectivity index (χ4v) is 2.18. The molecule has 2 aromatic heterocycles. The van der Waals surface area contributed by atoms with Gasteiger partial charge in [-0.3, -0.25) is 0 Å². The average molecular weight is 248 g/mol. The molecule has 0 aliphatic rings. The predicted octanol–water partition coefficient (Wildman–Crippen LogP) is 2.72. The van der Waals surface area contributed by atoms with Gasteiger partial charge in [0, 0.05) is 17.1 Å². The van der Waals surface area contributed by atoms with Gasteiger partial charge in [-0.05, 0) is 20.3 Å². The standard InChI is InChI=1S/C12H16N4S/c1-4-10-5-12(15-8(2)14-10)13-6-11-7-17-9(3)16-11/h5,7H,4,6H2,1-3H3,(H,13,14,15). The lowest BCUT2D eigenvalue weighted by molar-refractivity contribution is 0.936. The van der Waals surface area contributed by atoms with E-state index in [1.165, 1.54) is 0 Å². The molecule has 0 aliphatic carbocycles. The highest BCUT2D eigenvalue weighted by Gasteiger charge is 2.02. The van der Waals surface area contributed by atoms with Crippen LogP contribution in [0.5, 0.6) is 0 Å². The van der Waals surface area contributed by atoms with E-state index in [0.717, 1.165) is 34.5 Å². The maximum Gasteiger partial charge on any atom is 0.130 e. The second-order valence-corrected chi connectivity index (χ2v) is 4.92. The molecule has 2 rings (SSSR count). The van der Waals surface area contributed by atoms with Gasteiger partial charge in [-0.15, -0.1) is 11.3 Å². The molecule has 0 radical (unpaired) electrons. The van der Waals surface area contributed by atoms with Gasteiger partial charge in [-0.25, -0.2) is 15.0 Å². The van der Waals surface area contributed by atoms with E-state index in [4.69, 9.17) is 0 Å². The summed E-state index contributed by atoms with van der Waals surface area (Å²) in [5.41, 5.74) is 2.12. The van der Waals surface area contributed by atoms with Crippen molar-refractivity contribution in [1.29, 1.82) is 0 Å². The third kappa shape index (κ3) is 3.23. The van der Waals surface area contributed by atoms with Crippen LogP contribution in [0, 0.1) is 13.8 Å². The molecule has 90 valence electrons. The van der Waals surface area contributed by atoms with E-state index >= 15 is 0 Å². The predicted molar refractivity (Wildman–Crippen MR) is 70.3 cm³/mol. The minimum absolute atomic E-state index is 0.712. The average Bonchev–Trinajstić information content (AvgIpc) is 2.72. The van der Waals surface area contributed by atoms with Crippen molar-refractivity contribution in [2.45, 2.75) is 33.7 Å². The Balaban J connectivity index is 2.05. The summed E-state index contributed by atoms with van der Waals surface area (Å²) in [6.45, 7) is 6.73. The first-order valence-electron chi connectivity index (χ1n) is 5.67. The summed E-state index contributed by atoms with van der Waals surface area (Å²) in [6, 6.07) is 1.99. The number of hydrogen-bond donors (Lipinski definition) is 1. The third-order valence-corrected chi connectivity index (χ3v) is 3.19. The fraction of sp³-hybridized carbons (Fsp3) is 0.417. The molecule has 4 nitrogen and oxygen atoms in total. The minimum atomic E-state index is 0.712. The van der Waals surface area contributed by atoms with Gasteiger partial charge in [0.15, 0.2) is 0 Å². The highest BCUT2D eigenvalue weighted by atomic mass is 32.1. The van der Waals surface area contributed by atoms with E-state index in [0.29, 0.717) is 6.54 Å². The lowest BCUT2D eigenvalue weighted by atomic mass is 10.3. The van der Waals surface area contributed by atoms with Crippen LogP contribution in [-0.4, -0.2) is 15.0 Å². The lowest BCUT2D eigenvalue weighted by Gasteiger charge is -2.06. The van der Waals surface area contributed by atoms with Gasteiger partial charge in [0.2, 0.25) is 0 Å². The molecule has 0 atom stereocenters. The van der Waals surface area contributed by atoms with E-state index in [1.807, 2.05) is 19.9 Å². The van der Waals surface area contributed by atoms with Gasteiger partial charge in [0.1, 0.15) is 11.6 Å². The normalized spacial score (nSPS) is 10.5. The number of nitrogens with one attached hydrogen (secondary N) is 1. The first-order valence-corrected chi connectivity index (χ1v) is 6.54. The molecule has 17 heavy (non-hydrogen) atoms. The Morgan fingerprint density at radius 2 is 2.00 bits per heavy atom. The van der Waals surface area contributed by atoms with E-state index in [-0.39, 0.29) is 0 Å². The van der Waals surface area contributed by atoms with E-state index in [2.05, 4.69) is 32.6 Å². The Labute approximate surface area is 105 Å². The Kier molecular flexibility index (Phi) is 3.68. The topological polar surface area (TPSA) is 50.7 Å². The summed E-state index contributed by atoms with van der Waals surface area (Å²) in [4.78, 5) is 13.1. The molecule has 2 heterocycles. The van der Waals surface area contributed by atoms with Crippen LogP contribution in [0.3, 0.4) is 0 Å². The summed E-state index contributed by atoms with van der Waals surface area (Å²) in [5, 5.41) is 6.44. The Morgan fingerprint density at radius 3 is 2.65 bits per heavy atom. The first kappa shape index (κ1) is 12.0. The molecular weight excluding hydrogens is 232 g/mol. The molecule has 2 aromatic rings. The molecule has 0 fully saturated rings. The zero-order valence-corrected chi connectivity index (χ0v) is 11.1. The molecule has 0 spiro atoms. The molecule has 0 bridgehead atoms. The molecule has 0 aliphatic heterocycles. The van der Waals surface area contributed by atoms with Gasteiger partial charge in [-0.2, -0.15) is 0 Å². The van der Waals surface area contributed by atoms with Crippen LogP contribution >= 0.6 is 11.3 Å². The van der Waals surface area contributed by atoms with Crippen molar-refractivity contribution >= 4 is 17.2 Å². The van der Waals surface area contributed by atoms with Gasteiger partial charge < -0.3 is 5.32 Å². The quantitative estimate of drug-likeness (QED) is 0.904. The maximum atomic E-state index is 4.40. The van der Waals surface area contributed by atoms with Crippen molar-refractivity contribution in [3.05, 3.63) is 33.7 Å². The number of hydrogen-bond acceptors (Lipinski definition) is 5. The van der Waals surface area contributed by atoms with Crippen LogP contribution in [0.1, 0.15) is 29.1 Å². The number of aromatic nitrogens is 3. The van der Waals surface area contributed by atoms with Crippen LogP contribution in [0.25, 0.3) is 0 Å². The lowest BCUT2D eigenvalue weighted by Crippen LogP contribution is -2.05. The first-order chi connectivity index (χ1) is 8.17. The summed E-state index contributed by atoms with van der Waals surface area (Å²) in [6.07, 6.45) is 0.924. The van der Waals surface area contributed by atoms with Gasteiger partial charge >= 0.3 is 0 Å². The largest absolute Gasteiger partial charge is 0.364 e. The SMILES string of the molecule is CCc1cc(NCc2csc(C)n2)nc(C)n1. The molecule has 1 N–H and O–H groups in total. The number of rotatable bonds is 4. The van der Waals surface area contributed by atoms with Crippen molar-refractivity contribution in [2.24, 2.45) is 0 Å². The van der Waals surface area contributed by atoms with Crippen LogP contribution in [0.2, 0.25) is 0 Å². The summed E-state index contributed by atoms with van der Waals surface area (Å²) >= 11 is 1.67. The number of nitrogens with zero attached hydrogens (tertiary/aromatic N) is 3. The van der Waals surface area contributed by atoms with Gasteiger partial charge in [0.05, 0.1) is 17.2 Å². The molecule has 5 heteroatoms. The third-order valence-electron chi connectivity index (χ3n) is 2.37. The van der Waals surface area contributed by atoms with E-state index < -0.39 is 0 Å². The highest BCUT2D eigenvalue weighted by Crippen LogP contribution is 2.11. The second-order valence-electron chi connectivity index (χ2n) is 3.86. The van der Waals surface area contributed by atoms with Crippen LogP contribution < -0.4 is 5.32 Å². The fourth-order valence-electron chi connectivity index (χ4n) is 1.57. The maximum absolute atomic E-state index is 4.40. The smallest absolute Gasteiger partial charge is 0.130 e. The van der Waals surface area contributed by atoms with Crippen LogP contribution in [0.15, 0.2) is 11.4 Å². The highest BCUT2D eigenvalue weighted by molar-refractivity contribution is 7.09. The zero-order valence-electron chi connectivity index (χ0n) is 10.3.